The maximum atomic E-state index is 11.9. The Morgan fingerprint density at radius 2 is 1.54 bits per heavy atom. The van der Waals surface area contributed by atoms with Crippen LogP contribution in [0.4, 0.5) is 22.7 Å². The van der Waals surface area contributed by atoms with Crippen LogP contribution in [0.15, 0.2) is 55.7 Å². The van der Waals surface area contributed by atoms with Gasteiger partial charge in [0, 0.05) is 31.2 Å². The molecule has 12 heteroatoms. The first-order chi connectivity index (χ1) is 12.2. The van der Waals surface area contributed by atoms with Gasteiger partial charge < -0.3 is 0 Å². The van der Waals surface area contributed by atoms with E-state index < -0.39 is 15.8 Å². The van der Waals surface area contributed by atoms with Gasteiger partial charge in [0.05, 0.1) is 24.5 Å². The molecule has 0 N–H and O–H groups in total. The number of carbonyl (C=O) groups excluding carboxylic acids is 1. The molecule has 0 heterocycles. The zero-order valence-corrected chi connectivity index (χ0v) is 16.2. The number of non-ortho nitro benzene ring substituents is 2. The minimum atomic E-state index is -0.567. The Kier molecular flexibility index (Phi) is 6.10. The average molecular weight is 487 g/mol. The number of nitro benzene ring substituents is 2. The van der Waals surface area contributed by atoms with Gasteiger partial charge >= 0.3 is 0 Å². The van der Waals surface area contributed by atoms with E-state index in [2.05, 4.69) is 42.2 Å². The van der Waals surface area contributed by atoms with E-state index in [1.165, 1.54) is 43.3 Å². The van der Waals surface area contributed by atoms with Crippen molar-refractivity contribution < 1.29 is 14.6 Å². The molecule has 2 rings (SSSR count). The largest absolute Gasteiger partial charge is 0.273 e. The molecule has 10 nitrogen and oxygen atoms in total. The monoisotopic (exact) mass is 485 g/mol. The number of rotatable bonds is 5. The fraction of sp³-hybridized carbons (Fsp3) is 0.0714. The van der Waals surface area contributed by atoms with Crippen LogP contribution in [-0.4, -0.2) is 15.8 Å². The second kappa shape index (κ2) is 8.10. The SMILES string of the molecule is CC(=O)N(N=Nc1ccc([N+](=O)[O-])cc1Br)c1ccc([N+](=O)[O-])cc1Br. The van der Waals surface area contributed by atoms with Crippen molar-refractivity contribution in [2.24, 2.45) is 10.3 Å². The Morgan fingerprint density at radius 1 is 1.00 bits per heavy atom. The summed E-state index contributed by atoms with van der Waals surface area (Å²) < 4.78 is 0.602. The van der Waals surface area contributed by atoms with Crippen molar-refractivity contribution >= 4 is 60.5 Å². The molecular weight excluding hydrogens is 478 g/mol. The third-order valence-corrected chi connectivity index (χ3v) is 4.32. The standard InChI is InChI=1S/C14H9Br2N5O5/c1-8(22)19(14-5-3-10(21(25)26)7-12(14)16)18-17-13-4-2-9(20(23)24)6-11(13)15/h2-7H,1H3. The first-order valence-electron chi connectivity index (χ1n) is 6.81. The zero-order chi connectivity index (χ0) is 19.4. The molecule has 0 bridgehead atoms. The number of anilines is 1. The quantitative estimate of drug-likeness (QED) is 0.330. The molecule has 0 aromatic heterocycles. The van der Waals surface area contributed by atoms with E-state index in [1.54, 1.807) is 0 Å². The molecular formula is C14H9Br2N5O5. The second-order valence-corrected chi connectivity index (χ2v) is 6.51. The van der Waals surface area contributed by atoms with Gasteiger partial charge in [-0.25, -0.2) is 0 Å². The van der Waals surface area contributed by atoms with E-state index in [4.69, 9.17) is 0 Å². The third-order valence-electron chi connectivity index (χ3n) is 3.05. The molecule has 0 spiro atoms. The Bertz CT molecular complexity index is 934. The Hall–Kier alpha value is -2.73. The average Bonchev–Trinajstić information content (AvgIpc) is 2.56. The summed E-state index contributed by atoms with van der Waals surface area (Å²) in [5.74, 6) is -0.485. The maximum Gasteiger partial charge on any atom is 0.270 e. The number of benzene rings is 2. The van der Waals surface area contributed by atoms with E-state index in [9.17, 15) is 25.0 Å². The number of halogens is 2. The van der Waals surface area contributed by atoms with Crippen LogP contribution in [0, 0.1) is 20.2 Å². The van der Waals surface area contributed by atoms with E-state index in [0.717, 1.165) is 5.01 Å². The highest BCUT2D eigenvalue weighted by Gasteiger charge is 2.18. The molecule has 0 atom stereocenters. The van der Waals surface area contributed by atoms with Crippen LogP contribution in [0.5, 0.6) is 0 Å². The number of carbonyl (C=O) groups is 1. The Labute approximate surface area is 163 Å². The van der Waals surface area contributed by atoms with Crippen molar-refractivity contribution in [3.8, 4) is 0 Å². The first kappa shape index (κ1) is 19.6. The molecule has 1 amide bonds. The predicted octanol–water partition coefficient (Wildman–Crippen LogP) is 5.08. The van der Waals surface area contributed by atoms with E-state index >= 15 is 0 Å². The van der Waals surface area contributed by atoms with Crippen LogP contribution in [0.25, 0.3) is 0 Å². The third kappa shape index (κ3) is 4.46. The summed E-state index contributed by atoms with van der Waals surface area (Å²) >= 11 is 6.32. The lowest BCUT2D eigenvalue weighted by Crippen LogP contribution is -2.21. The normalized spacial score (nSPS) is 10.7. The summed E-state index contributed by atoms with van der Waals surface area (Å²) in [6, 6.07) is 7.70. The van der Waals surface area contributed by atoms with Crippen molar-refractivity contribution in [3.63, 3.8) is 0 Å². The molecule has 0 unspecified atom stereocenters. The predicted molar refractivity (Wildman–Crippen MR) is 99.3 cm³/mol. The van der Waals surface area contributed by atoms with Gasteiger partial charge in [-0.1, -0.05) is 5.22 Å². The number of hydrogen-bond donors (Lipinski definition) is 0. The topological polar surface area (TPSA) is 131 Å². The molecule has 2 aromatic rings. The Morgan fingerprint density at radius 3 is 2.00 bits per heavy atom. The van der Waals surface area contributed by atoms with Gasteiger partial charge in [-0.2, -0.15) is 5.01 Å². The molecule has 0 saturated carbocycles. The molecule has 2 aromatic carbocycles. The van der Waals surface area contributed by atoms with Crippen molar-refractivity contribution in [1.82, 2.24) is 0 Å². The lowest BCUT2D eigenvalue weighted by molar-refractivity contribution is -0.385. The first-order valence-corrected chi connectivity index (χ1v) is 8.39. The highest BCUT2D eigenvalue weighted by molar-refractivity contribution is 9.11. The van der Waals surface area contributed by atoms with E-state index in [1.807, 2.05) is 0 Å². The van der Waals surface area contributed by atoms with Gasteiger partial charge in [-0.15, -0.1) is 5.11 Å². The van der Waals surface area contributed by atoms with Crippen LogP contribution < -0.4 is 5.01 Å². The van der Waals surface area contributed by atoms with Crippen LogP contribution in [0.3, 0.4) is 0 Å². The molecule has 26 heavy (non-hydrogen) atoms. The van der Waals surface area contributed by atoms with E-state index in [0.29, 0.717) is 4.47 Å². The lowest BCUT2D eigenvalue weighted by atomic mass is 10.3. The van der Waals surface area contributed by atoms with Gasteiger partial charge in [-0.05, 0) is 44.0 Å². The van der Waals surface area contributed by atoms with E-state index in [-0.39, 0.29) is 27.2 Å². The molecule has 0 fully saturated rings. The molecule has 0 aliphatic rings. The summed E-state index contributed by atoms with van der Waals surface area (Å²) in [6.45, 7) is 1.25. The minimum Gasteiger partial charge on any atom is -0.273 e. The fourth-order valence-electron chi connectivity index (χ4n) is 1.85. The van der Waals surface area contributed by atoms with Gasteiger partial charge in [0.25, 0.3) is 11.4 Å². The maximum absolute atomic E-state index is 11.9. The number of nitrogens with zero attached hydrogens (tertiary/aromatic N) is 5. The fourth-order valence-corrected chi connectivity index (χ4v) is 2.83. The van der Waals surface area contributed by atoms with Crippen LogP contribution >= 0.6 is 31.9 Å². The summed E-state index contributed by atoms with van der Waals surface area (Å²) in [5.41, 5.74) is 0.237. The molecule has 0 aliphatic heterocycles. The number of amides is 1. The molecule has 134 valence electrons. The van der Waals surface area contributed by atoms with Gasteiger partial charge in [0.2, 0.25) is 5.91 Å². The van der Waals surface area contributed by atoms with Gasteiger partial charge in [0.1, 0.15) is 5.69 Å². The molecule has 0 radical (unpaired) electrons. The smallest absolute Gasteiger partial charge is 0.270 e. The summed E-state index contributed by atoms with van der Waals surface area (Å²) in [6.07, 6.45) is 0. The van der Waals surface area contributed by atoms with Gasteiger partial charge in [0.15, 0.2) is 0 Å². The zero-order valence-electron chi connectivity index (χ0n) is 13.0. The number of hydrogen-bond acceptors (Lipinski definition) is 7. The summed E-state index contributed by atoms with van der Waals surface area (Å²) in [7, 11) is 0. The van der Waals surface area contributed by atoms with Crippen molar-refractivity contribution in [1.29, 1.82) is 0 Å². The van der Waals surface area contributed by atoms with Gasteiger partial charge in [-0.3, -0.25) is 25.0 Å². The molecule has 0 saturated heterocycles. The van der Waals surface area contributed by atoms with Crippen LogP contribution in [-0.2, 0) is 4.79 Å². The second-order valence-electron chi connectivity index (χ2n) is 4.81. The number of nitro groups is 2. The highest BCUT2D eigenvalue weighted by Crippen LogP contribution is 2.33. The summed E-state index contributed by atoms with van der Waals surface area (Å²) in [5, 5.41) is 30.2. The van der Waals surface area contributed by atoms with Crippen molar-refractivity contribution in [2.45, 2.75) is 6.92 Å². The van der Waals surface area contributed by atoms with Crippen molar-refractivity contribution in [2.75, 3.05) is 5.01 Å². The summed E-state index contributed by atoms with van der Waals surface area (Å²) in [4.78, 5) is 32.3. The minimum absolute atomic E-state index is 0.127. The molecule has 0 aliphatic carbocycles. The van der Waals surface area contributed by atoms with Crippen LogP contribution in [0.2, 0.25) is 0 Å². The van der Waals surface area contributed by atoms with Crippen LogP contribution in [0.1, 0.15) is 6.92 Å². The highest BCUT2D eigenvalue weighted by atomic mass is 79.9. The lowest BCUT2D eigenvalue weighted by Gasteiger charge is -2.15. The Balaban J connectivity index is 2.37. The van der Waals surface area contributed by atoms with Crippen molar-refractivity contribution in [3.05, 3.63) is 65.6 Å².